The lowest BCUT2D eigenvalue weighted by Gasteiger charge is -2.24. The van der Waals surface area contributed by atoms with Crippen molar-refractivity contribution in [2.45, 2.75) is 49.1 Å². The van der Waals surface area contributed by atoms with Crippen LogP contribution in [0.2, 0.25) is 0 Å². The van der Waals surface area contributed by atoms with Crippen LogP contribution in [0.25, 0.3) is 22.3 Å². The molecule has 3 aliphatic heterocycles. The van der Waals surface area contributed by atoms with Crippen molar-refractivity contribution in [3.8, 4) is 0 Å². The van der Waals surface area contributed by atoms with Gasteiger partial charge in [-0.15, -0.1) is 0 Å². The molecule has 4 aromatic heterocycles. The maximum atomic E-state index is 15.9. The van der Waals surface area contributed by atoms with E-state index in [0.717, 1.165) is 21.8 Å². The normalized spacial score (nSPS) is 37.7. The Balaban J connectivity index is 1.21. The average Bonchev–Trinajstić information content (AvgIpc) is 3.72. The van der Waals surface area contributed by atoms with Crippen LogP contribution in [0.1, 0.15) is 12.5 Å². The molecule has 2 bridgehead atoms. The number of imidazole rings is 2. The van der Waals surface area contributed by atoms with Crippen LogP contribution >= 0.6 is 15.6 Å². The van der Waals surface area contributed by atoms with Gasteiger partial charge in [0.25, 0.3) is 11.5 Å². The third kappa shape index (κ3) is 5.30. The van der Waals surface area contributed by atoms with Crippen molar-refractivity contribution in [1.29, 1.82) is 0 Å². The lowest BCUT2D eigenvalue weighted by Crippen LogP contribution is -2.47. The van der Waals surface area contributed by atoms with Gasteiger partial charge in [-0.25, -0.2) is 33.0 Å². The summed E-state index contributed by atoms with van der Waals surface area (Å²) in [6.07, 6.45) is -10.3. The van der Waals surface area contributed by atoms with Gasteiger partial charge < -0.3 is 35.8 Å². The molecule has 0 radical (unpaired) electrons. The highest BCUT2D eigenvalue weighted by atomic mass is 31.2. The lowest BCUT2D eigenvalue weighted by atomic mass is 10.1. The molecule has 10 atom stereocenters. The van der Waals surface area contributed by atoms with Gasteiger partial charge in [0.05, 0.1) is 19.5 Å². The van der Waals surface area contributed by atoms with Crippen LogP contribution in [0.15, 0.2) is 23.8 Å². The second-order valence-electron chi connectivity index (χ2n) is 10.1. The fraction of sp³-hybridized carbons (Fsp3) is 0.500. The molecule has 22 nitrogen and oxygen atoms in total. The second kappa shape index (κ2) is 10.8. The monoisotopic (exact) mass is 677 g/mol. The summed E-state index contributed by atoms with van der Waals surface area (Å²) in [4.78, 5) is 54.3. The molecule has 0 spiro atoms. The van der Waals surface area contributed by atoms with Gasteiger partial charge in [-0.05, 0) is 0 Å². The van der Waals surface area contributed by atoms with E-state index in [2.05, 4.69) is 29.9 Å². The van der Waals surface area contributed by atoms with E-state index in [0.29, 0.717) is 0 Å². The van der Waals surface area contributed by atoms with Gasteiger partial charge in [0.2, 0.25) is 11.7 Å². The number of aliphatic hydroxyl groups excluding tert-OH is 1. The number of phosphoric ester groups is 2. The van der Waals surface area contributed by atoms with Gasteiger partial charge in [-0.1, -0.05) is 4.98 Å². The van der Waals surface area contributed by atoms with E-state index in [9.17, 15) is 28.8 Å². The van der Waals surface area contributed by atoms with Crippen LogP contribution in [0.3, 0.4) is 0 Å². The van der Waals surface area contributed by atoms with E-state index >= 15 is 4.39 Å². The highest BCUT2D eigenvalue weighted by Crippen LogP contribution is 2.53. The molecule has 0 amide bonds. The van der Waals surface area contributed by atoms with E-state index in [-0.39, 0.29) is 34.1 Å². The molecule has 7 rings (SSSR count). The number of anilines is 2. The maximum Gasteiger partial charge on any atom is 0.472 e. The van der Waals surface area contributed by atoms with Crippen molar-refractivity contribution in [2.24, 2.45) is 0 Å². The Morgan fingerprint density at radius 1 is 1.04 bits per heavy atom. The summed E-state index contributed by atoms with van der Waals surface area (Å²) in [6, 6.07) is 0. The quantitative estimate of drug-likeness (QED) is 0.0896. The number of fused-ring (bicyclic) bond motifs is 5. The summed E-state index contributed by atoms with van der Waals surface area (Å²) in [7, 11) is -10.3. The molecule has 3 saturated heterocycles. The van der Waals surface area contributed by atoms with E-state index in [1.807, 2.05) is 0 Å². The first-order chi connectivity index (χ1) is 21.3. The predicted octanol–water partition coefficient (Wildman–Crippen LogP) is -1.95. The SMILES string of the molecule is Nc1nc2c([nH]c[n+]2C2OC3COP(=O)(O)OC4C(COP(=O)(O)OC2C3O)OC(n2cnc3c(N)ncnc32)C4F)c(=O)[nH]1. The zero-order valence-corrected chi connectivity index (χ0v) is 24.2. The predicted molar refractivity (Wildman–Crippen MR) is 141 cm³/mol. The number of nitrogens with zero attached hydrogens (tertiary/aromatic N) is 6. The van der Waals surface area contributed by atoms with Crippen molar-refractivity contribution in [3.63, 3.8) is 0 Å². The number of nitrogen functional groups attached to an aromatic ring is 2. The van der Waals surface area contributed by atoms with Crippen LogP contribution in [-0.2, 0) is 36.7 Å². The zero-order valence-electron chi connectivity index (χ0n) is 22.4. The number of phosphoric acid groups is 2. The lowest BCUT2D eigenvalue weighted by molar-refractivity contribution is -0.744. The number of halogens is 1. The molecule has 0 aliphatic carbocycles. The second-order valence-corrected chi connectivity index (χ2v) is 13.0. The number of hydrogen-bond donors (Lipinski definition) is 7. The molecule has 242 valence electrons. The fourth-order valence-corrected chi connectivity index (χ4v) is 7.20. The molecular formula is C20H24FN10O12P2+. The number of nitrogens with one attached hydrogen (secondary N) is 2. The summed E-state index contributed by atoms with van der Waals surface area (Å²) < 4.78 is 76.4. The number of H-pyrrole nitrogens is 2. The summed E-state index contributed by atoms with van der Waals surface area (Å²) in [5.74, 6) is -0.279. The molecule has 3 fully saturated rings. The minimum atomic E-state index is -5.14. The summed E-state index contributed by atoms with van der Waals surface area (Å²) in [6.45, 7) is -1.76. The molecule has 25 heteroatoms. The van der Waals surface area contributed by atoms with Gasteiger partial charge in [-0.3, -0.25) is 37.4 Å². The van der Waals surface area contributed by atoms with Crippen molar-refractivity contribution in [3.05, 3.63) is 29.3 Å². The van der Waals surface area contributed by atoms with E-state index in [4.69, 9.17) is 39.0 Å². The van der Waals surface area contributed by atoms with Gasteiger partial charge in [-0.2, -0.15) is 0 Å². The third-order valence-corrected chi connectivity index (χ3v) is 9.31. The number of nitrogens with two attached hydrogens (primary N) is 2. The van der Waals surface area contributed by atoms with Crippen molar-refractivity contribution >= 4 is 49.7 Å². The average molecular weight is 677 g/mol. The molecular weight excluding hydrogens is 653 g/mol. The fourth-order valence-electron chi connectivity index (χ4n) is 5.32. The van der Waals surface area contributed by atoms with Gasteiger partial charge in [0, 0.05) is 0 Å². The minimum absolute atomic E-state index is 0.00452. The third-order valence-electron chi connectivity index (χ3n) is 7.34. The first-order valence-corrected chi connectivity index (χ1v) is 16.0. The highest BCUT2D eigenvalue weighted by molar-refractivity contribution is 7.47. The van der Waals surface area contributed by atoms with Crippen molar-refractivity contribution in [2.75, 3.05) is 24.7 Å². The van der Waals surface area contributed by atoms with Gasteiger partial charge >= 0.3 is 21.3 Å². The molecule has 9 N–H and O–H groups in total. The Morgan fingerprint density at radius 3 is 2.51 bits per heavy atom. The largest absolute Gasteiger partial charge is 0.472 e. The standard InChI is InChI=1S/C20H23FN10O12P2/c21-8-12-7(41-18(8)30-4-26-9-14(22)24-3-25-15(9)30)2-39-45(36,37)43-13-11(32)6(1-38-44(34,35)42-12)40-19(13)31-5-27-10-16(31)28-20(23)29-17(10)33/h3-8,11-13,18-19,32H,1-2H2,(H7,22,23,24,25,28,29,33,34,35,36,37)/p+1. The molecule has 4 aromatic rings. The van der Waals surface area contributed by atoms with Crippen LogP contribution in [0.5, 0.6) is 0 Å². The van der Waals surface area contributed by atoms with Crippen LogP contribution in [0.4, 0.5) is 16.2 Å². The van der Waals surface area contributed by atoms with E-state index < -0.39 is 83.6 Å². The molecule has 0 aromatic carbocycles. The smallest absolute Gasteiger partial charge is 0.387 e. The maximum absolute atomic E-state index is 15.9. The zero-order chi connectivity index (χ0) is 31.8. The molecule has 0 saturated carbocycles. The minimum Gasteiger partial charge on any atom is -0.387 e. The van der Waals surface area contributed by atoms with Crippen LogP contribution < -0.4 is 21.6 Å². The highest BCUT2D eigenvalue weighted by Gasteiger charge is 2.55. The topological polar surface area (TPSA) is 311 Å². The summed E-state index contributed by atoms with van der Waals surface area (Å²) >= 11 is 0. The Bertz CT molecular complexity index is 1940. The molecule has 3 aliphatic rings. The Morgan fingerprint density at radius 2 is 1.76 bits per heavy atom. The first-order valence-electron chi connectivity index (χ1n) is 13.0. The Hall–Kier alpha value is -3.47. The number of alkyl halides is 1. The number of ether oxygens (including phenoxy) is 2. The van der Waals surface area contributed by atoms with E-state index in [1.54, 1.807) is 0 Å². The number of aromatic amines is 2. The number of hydrogen-bond acceptors (Lipinski definition) is 16. The first kappa shape index (κ1) is 30.2. The molecule has 7 heterocycles. The van der Waals surface area contributed by atoms with Crippen LogP contribution in [-0.4, -0.2) is 99.3 Å². The van der Waals surface area contributed by atoms with Crippen LogP contribution in [0, 0.1) is 0 Å². The van der Waals surface area contributed by atoms with Crippen molar-refractivity contribution < 1.29 is 60.5 Å². The summed E-state index contributed by atoms with van der Waals surface area (Å²) in [5.41, 5.74) is 10.8. The van der Waals surface area contributed by atoms with Gasteiger partial charge in [0.1, 0.15) is 36.3 Å². The molecule has 10 unspecified atom stereocenters. The summed E-state index contributed by atoms with van der Waals surface area (Å²) in [5, 5.41) is 11.0. The van der Waals surface area contributed by atoms with E-state index in [1.165, 1.54) is 6.33 Å². The number of aromatic nitrogens is 8. The van der Waals surface area contributed by atoms with Crippen molar-refractivity contribution in [1.82, 2.24) is 34.5 Å². The van der Waals surface area contributed by atoms with Gasteiger partial charge in [0.15, 0.2) is 36.3 Å². The Kier molecular flexibility index (Phi) is 7.26. The Labute approximate surface area is 248 Å². The number of rotatable bonds is 2. The number of aliphatic hydroxyl groups is 1. The molecule has 45 heavy (non-hydrogen) atoms.